The monoisotopic (exact) mass is 252 g/mol. The highest BCUT2D eigenvalue weighted by molar-refractivity contribution is 5.76. The van der Waals surface area contributed by atoms with Gasteiger partial charge in [-0.15, -0.1) is 0 Å². The smallest absolute Gasteiger partial charge is 0.222 e. The van der Waals surface area contributed by atoms with Crippen molar-refractivity contribution in [1.29, 1.82) is 0 Å². The van der Waals surface area contributed by atoms with Crippen molar-refractivity contribution in [2.24, 2.45) is 11.7 Å². The second-order valence-corrected chi connectivity index (χ2v) is 6.29. The Labute approximate surface area is 111 Å². The summed E-state index contributed by atoms with van der Waals surface area (Å²) in [6, 6.07) is 0.833. The minimum atomic E-state index is 0.330. The average molecular weight is 252 g/mol. The maximum Gasteiger partial charge on any atom is 0.222 e. The molecular weight excluding hydrogens is 224 g/mol. The maximum atomic E-state index is 12.3. The van der Waals surface area contributed by atoms with Gasteiger partial charge in [0.2, 0.25) is 5.91 Å². The van der Waals surface area contributed by atoms with Crippen LogP contribution in [0.15, 0.2) is 0 Å². The first-order valence-electron chi connectivity index (χ1n) is 7.68. The number of rotatable bonds is 3. The van der Waals surface area contributed by atoms with Crippen LogP contribution in [0.4, 0.5) is 0 Å². The Balaban J connectivity index is 1.79. The largest absolute Gasteiger partial charge is 0.343 e. The first kappa shape index (κ1) is 13.9. The zero-order chi connectivity index (χ0) is 13.0. The maximum absolute atomic E-state index is 12.3. The van der Waals surface area contributed by atoms with Crippen LogP contribution in [0.3, 0.4) is 0 Å². The second kappa shape index (κ2) is 6.55. The summed E-state index contributed by atoms with van der Waals surface area (Å²) in [5, 5.41) is 0. The van der Waals surface area contributed by atoms with E-state index in [2.05, 4.69) is 0 Å². The molecule has 0 aromatic carbocycles. The first-order chi connectivity index (χ1) is 8.66. The van der Waals surface area contributed by atoms with Gasteiger partial charge in [0.05, 0.1) is 0 Å². The van der Waals surface area contributed by atoms with Crippen LogP contribution >= 0.6 is 0 Å². The molecule has 0 aromatic rings. The lowest BCUT2D eigenvalue weighted by Gasteiger charge is -2.33. The van der Waals surface area contributed by atoms with E-state index in [-0.39, 0.29) is 0 Å². The molecule has 3 nitrogen and oxygen atoms in total. The zero-order valence-electron chi connectivity index (χ0n) is 11.7. The predicted octanol–water partition coefficient (Wildman–Crippen LogP) is 2.69. The van der Waals surface area contributed by atoms with E-state index in [1.54, 1.807) is 0 Å². The van der Waals surface area contributed by atoms with E-state index in [1.807, 2.05) is 11.9 Å². The summed E-state index contributed by atoms with van der Waals surface area (Å²) in [5.41, 5.74) is 5.99. The fraction of sp³-hybridized carbons (Fsp3) is 0.933. The van der Waals surface area contributed by atoms with Crippen LogP contribution < -0.4 is 5.73 Å². The molecule has 0 bridgehead atoms. The third kappa shape index (κ3) is 3.71. The summed E-state index contributed by atoms with van der Waals surface area (Å²) in [6.45, 7) is 0. The second-order valence-electron chi connectivity index (χ2n) is 6.29. The van der Waals surface area contributed by atoms with Gasteiger partial charge in [-0.1, -0.05) is 25.7 Å². The van der Waals surface area contributed by atoms with E-state index in [0.29, 0.717) is 23.9 Å². The Hall–Kier alpha value is -0.570. The molecule has 2 fully saturated rings. The van der Waals surface area contributed by atoms with Gasteiger partial charge in [-0.3, -0.25) is 4.79 Å². The minimum absolute atomic E-state index is 0.330. The molecule has 1 amide bonds. The van der Waals surface area contributed by atoms with Crippen molar-refractivity contribution in [1.82, 2.24) is 4.90 Å². The Morgan fingerprint density at radius 1 is 1.11 bits per heavy atom. The van der Waals surface area contributed by atoms with Crippen molar-refractivity contribution in [3.63, 3.8) is 0 Å². The van der Waals surface area contributed by atoms with Crippen LogP contribution in [0.25, 0.3) is 0 Å². The molecule has 2 atom stereocenters. The summed E-state index contributed by atoms with van der Waals surface area (Å²) in [5.74, 6) is 0.883. The molecule has 104 valence electrons. The van der Waals surface area contributed by atoms with E-state index in [0.717, 1.165) is 19.3 Å². The Morgan fingerprint density at radius 3 is 2.50 bits per heavy atom. The standard InChI is InChI=1S/C15H28N2O/c1-17(14-8-3-2-4-9-14)15(18)11-12-6-5-7-13(16)10-12/h12-14H,2-11,16H2,1H3. The predicted molar refractivity (Wildman–Crippen MR) is 74.2 cm³/mol. The number of hydrogen-bond acceptors (Lipinski definition) is 2. The van der Waals surface area contributed by atoms with Crippen LogP contribution in [-0.4, -0.2) is 29.9 Å². The SMILES string of the molecule is CN(C(=O)CC1CCCC(N)C1)C1CCCCC1. The zero-order valence-corrected chi connectivity index (χ0v) is 11.7. The molecule has 2 N–H and O–H groups in total. The summed E-state index contributed by atoms with van der Waals surface area (Å²) >= 11 is 0. The van der Waals surface area contributed by atoms with Crippen molar-refractivity contribution >= 4 is 5.91 Å². The molecule has 18 heavy (non-hydrogen) atoms. The van der Waals surface area contributed by atoms with Gasteiger partial charge in [0.25, 0.3) is 0 Å². The van der Waals surface area contributed by atoms with Gasteiger partial charge < -0.3 is 10.6 Å². The minimum Gasteiger partial charge on any atom is -0.343 e. The molecule has 2 unspecified atom stereocenters. The van der Waals surface area contributed by atoms with E-state index in [1.165, 1.54) is 44.9 Å². The van der Waals surface area contributed by atoms with E-state index in [9.17, 15) is 4.79 Å². The Morgan fingerprint density at radius 2 is 1.83 bits per heavy atom. The van der Waals surface area contributed by atoms with Crippen LogP contribution in [0.5, 0.6) is 0 Å². The highest BCUT2D eigenvalue weighted by atomic mass is 16.2. The van der Waals surface area contributed by atoms with Crippen LogP contribution in [0, 0.1) is 5.92 Å². The number of nitrogens with two attached hydrogens (primary N) is 1. The molecule has 2 saturated carbocycles. The molecular formula is C15H28N2O. The fourth-order valence-electron chi connectivity index (χ4n) is 3.58. The molecule has 0 heterocycles. The molecule has 2 rings (SSSR count). The van der Waals surface area contributed by atoms with Gasteiger partial charge in [0.1, 0.15) is 0 Å². The van der Waals surface area contributed by atoms with E-state index < -0.39 is 0 Å². The summed E-state index contributed by atoms with van der Waals surface area (Å²) in [6.07, 6.45) is 11.6. The summed E-state index contributed by atoms with van der Waals surface area (Å²) in [4.78, 5) is 14.3. The average Bonchev–Trinajstić information content (AvgIpc) is 2.39. The number of nitrogens with zero attached hydrogens (tertiary/aromatic N) is 1. The molecule has 0 radical (unpaired) electrons. The highest BCUT2D eigenvalue weighted by Gasteiger charge is 2.26. The van der Waals surface area contributed by atoms with Crippen LogP contribution in [0.2, 0.25) is 0 Å². The van der Waals surface area contributed by atoms with Crippen molar-refractivity contribution in [3.8, 4) is 0 Å². The fourth-order valence-corrected chi connectivity index (χ4v) is 3.58. The van der Waals surface area contributed by atoms with Crippen molar-refractivity contribution < 1.29 is 4.79 Å². The molecule has 0 saturated heterocycles. The van der Waals surface area contributed by atoms with E-state index >= 15 is 0 Å². The van der Waals surface area contributed by atoms with Gasteiger partial charge in [-0.05, 0) is 38.0 Å². The van der Waals surface area contributed by atoms with Gasteiger partial charge >= 0.3 is 0 Å². The lowest BCUT2D eigenvalue weighted by Crippen LogP contribution is -2.40. The number of carbonyl (C=O) groups is 1. The Kier molecular flexibility index (Phi) is 5.04. The van der Waals surface area contributed by atoms with E-state index in [4.69, 9.17) is 5.73 Å². The quantitative estimate of drug-likeness (QED) is 0.839. The van der Waals surface area contributed by atoms with Crippen LogP contribution in [0.1, 0.15) is 64.2 Å². The van der Waals surface area contributed by atoms with Gasteiger partial charge in [0, 0.05) is 25.6 Å². The van der Waals surface area contributed by atoms with Gasteiger partial charge in [0.15, 0.2) is 0 Å². The number of amides is 1. The third-order valence-corrected chi connectivity index (χ3v) is 4.80. The first-order valence-corrected chi connectivity index (χ1v) is 7.68. The molecule has 2 aliphatic carbocycles. The summed E-state index contributed by atoms with van der Waals surface area (Å²) in [7, 11) is 2.00. The molecule has 2 aliphatic rings. The van der Waals surface area contributed by atoms with Crippen molar-refractivity contribution in [2.45, 2.75) is 76.3 Å². The van der Waals surface area contributed by atoms with Crippen LogP contribution in [-0.2, 0) is 4.79 Å². The molecule has 0 aromatic heterocycles. The normalized spacial score (nSPS) is 30.1. The summed E-state index contributed by atoms with van der Waals surface area (Å²) < 4.78 is 0. The number of carbonyl (C=O) groups excluding carboxylic acids is 1. The number of hydrogen-bond donors (Lipinski definition) is 1. The van der Waals surface area contributed by atoms with Gasteiger partial charge in [-0.2, -0.15) is 0 Å². The molecule has 0 aliphatic heterocycles. The molecule has 0 spiro atoms. The Bertz CT molecular complexity index is 274. The van der Waals surface area contributed by atoms with Crippen molar-refractivity contribution in [3.05, 3.63) is 0 Å². The lowest BCUT2D eigenvalue weighted by atomic mass is 9.83. The van der Waals surface area contributed by atoms with Crippen molar-refractivity contribution in [2.75, 3.05) is 7.05 Å². The topological polar surface area (TPSA) is 46.3 Å². The lowest BCUT2D eigenvalue weighted by molar-refractivity contribution is -0.133. The highest BCUT2D eigenvalue weighted by Crippen LogP contribution is 2.28. The van der Waals surface area contributed by atoms with Gasteiger partial charge in [-0.25, -0.2) is 0 Å². The third-order valence-electron chi connectivity index (χ3n) is 4.80. The molecule has 3 heteroatoms.